The van der Waals surface area contributed by atoms with Gasteiger partial charge in [-0.25, -0.2) is 14.6 Å². The Kier molecular flexibility index (Phi) is 9.70. The Morgan fingerprint density at radius 3 is 2.43 bits per heavy atom. The molecule has 3 heterocycles. The van der Waals surface area contributed by atoms with E-state index in [0.717, 1.165) is 29.7 Å². The molecule has 2 aromatic heterocycles. The Morgan fingerprint density at radius 1 is 1.04 bits per heavy atom. The van der Waals surface area contributed by atoms with E-state index >= 15 is 0 Å². The van der Waals surface area contributed by atoms with Crippen molar-refractivity contribution in [1.29, 1.82) is 0 Å². The largest absolute Gasteiger partial charge is 0.459 e. The molecule has 2 N–H and O–H groups in total. The van der Waals surface area contributed by atoms with Crippen LogP contribution in [-0.2, 0) is 20.8 Å². The van der Waals surface area contributed by atoms with Crippen LogP contribution in [0.15, 0.2) is 42.6 Å². The van der Waals surface area contributed by atoms with Gasteiger partial charge in [0, 0.05) is 44.9 Å². The Morgan fingerprint density at radius 2 is 1.76 bits per heavy atom. The first-order chi connectivity index (χ1) is 23.4. The average Bonchev–Trinajstić information content (AvgIpc) is 3.62. The van der Waals surface area contributed by atoms with Gasteiger partial charge in [0.05, 0.1) is 17.9 Å². The highest BCUT2D eigenvalue weighted by molar-refractivity contribution is 7.82. The van der Waals surface area contributed by atoms with Crippen molar-refractivity contribution in [3.63, 3.8) is 0 Å². The molecule has 0 radical (unpaired) electrons. The van der Waals surface area contributed by atoms with Gasteiger partial charge in [0.25, 0.3) is 0 Å². The highest BCUT2D eigenvalue weighted by Crippen LogP contribution is 2.38. The van der Waals surface area contributed by atoms with Crippen molar-refractivity contribution in [3.05, 3.63) is 70.7 Å². The molecular formula is C36H43N7O5S. The maximum absolute atomic E-state index is 13.6. The molecule has 6 rings (SSSR count). The summed E-state index contributed by atoms with van der Waals surface area (Å²) in [7, 11) is 0. The molecule has 13 heteroatoms. The Bertz CT molecular complexity index is 1940. The van der Waals surface area contributed by atoms with Crippen LogP contribution in [0.2, 0.25) is 0 Å². The van der Waals surface area contributed by atoms with Gasteiger partial charge in [0.2, 0.25) is 11.6 Å². The number of anilines is 2. The minimum atomic E-state index is -1.94. The van der Waals surface area contributed by atoms with E-state index in [1.807, 2.05) is 55.1 Å². The molecule has 1 amide bonds. The standard InChI is InChI=1S/C36H43N7O5S/c1-21-8-9-23(3)31(18-21)48-49(46)40-28-19-27(10-11-30(28)42-14-12-41(13-15-42)26(6)44)34-38-35-32(29(37-7)20-43(35)39-34)36(45)47-33-24(4)16-22(2)17-25(33)5/h8-11,18-20,22,24-25,33,40H,12-17H2,1-6H3,(H,38,39). The van der Waals surface area contributed by atoms with Crippen LogP contribution in [0.3, 0.4) is 0 Å². The van der Waals surface area contributed by atoms with E-state index < -0.39 is 17.2 Å². The van der Waals surface area contributed by atoms with E-state index in [4.69, 9.17) is 20.5 Å². The summed E-state index contributed by atoms with van der Waals surface area (Å²) in [5, 5.41) is 3.20. The van der Waals surface area contributed by atoms with E-state index in [1.54, 1.807) is 17.6 Å². The second-order valence-electron chi connectivity index (χ2n) is 13.6. The lowest BCUT2D eigenvalue weighted by Crippen LogP contribution is -2.48. The minimum Gasteiger partial charge on any atom is -0.459 e. The van der Waals surface area contributed by atoms with Crippen molar-refractivity contribution in [2.45, 2.75) is 60.5 Å². The SMILES string of the molecule is [C-]#[N+]c1cn2[nH]c(-c3ccc(N4CCN(C(C)=O)CC4)c(NS(=O)Oc4cc(C)ccc4C)c3)nc2c1C(=O)OC1C(C)CC(C)CC1C. The van der Waals surface area contributed by atoms with Gasteiger partial charge >= 0.3 is 17.2 Å². The normalized spacial score (nSPS) is 21.7. The highest BCUT2D eigenvalue weighted by atomic mass is 32.2. The molecule has 2 fully saturated rings. The monoisotopic (exact) mass is 685 g/mol. The predicted molar refractivity (Wildman–Crippen MR) is 190 cm³/mol. The summed E-state index contributed by atoms with van der Waals surface area (Å²) < 4.78 is 29.9. The number of nitrogens with zero attached hydrogens (tertiary/aromatic N) is 5. The molecule has 3 unspecified atom stereocenters. The predicted octanol–water partition coefficient (Wildman–Crippen LogP) is 6.46. The minimum absolute atomic E-state index is 0.0348. The van der Waals surface area contributed by atoms with E-state index in [-0.39, 0.29) is 35.1 Å². The second-order valence-corrected chi connectivity index (χ2v) is 14.4. The first-order valence-corrected chi connectivity index (χ1v) is 17.8. The Balaban J connectivity index is 1.31. The number of amides is 1. The van der Waals surface area contributed by atoms with Crippen LogP contribution in [-0.4, -0.2) is 67.9 Å². The van der Waals surface area contributed by atoms with Gasteiger partial charge in [-0.1, -0.05) is 32.9 Å². The Labute approximate surface area is 289 Å². The third-order valence-electron chi connectivity index (χ3n) is 9.68. The number of piperazine rings is 1. The van der Waals surface area contributed by atoms with Gasteiger partial charge in [0.1, 0.15) is 17.4 Å². The zero-order chi connectivity index (χ0) is 35.0. The fourth-order valence-corrected chi connectivity index (χ4v) is 7.96. The fraction of sp³-hybridized carbons (Fsp3) is 0.444. The van der Waals surface area contributed by atoms with Crippen LogP contribution >= 0.6 is 0 Å². The van der Waals surface area contributed by atoms with Crippen molar-refractivity contribution in [2.75, 3.05) is 35.8 Å². The zero-order valence-corrected chi connectivity index (χ0v) is 29.6. The Hall–Kier alpha value is -4.83. The number of hydrogen-bond donors (Lipinski definition) is 2. The average molecular weight is 686 g/mol. The van der Waals surface area contributed by atoms with Gasteiger partial charge in [0.15, 0.2) is 11.5 Å². The first-order valence-electron chi connectivity index (χ1n) is 16.7. The van der Waals surface area contributed by atoms with Crippen LogP contribution < -0.4 is 13.8 Å². The van der Waals surface area contributed by atoms with Crippen molar-refractivity contribution in [1.82, 2.24) is 19.5 Å². The van der Waals surface area contributed by atoms with Gasteiger partial charge in [-0.15, -0.1) is 0 Å². The number of rotatable bonds is 8. The molecule has 4 aromatic rings. The quantitative estimate of drug-likeness (QED) is 0.161. The summed E-state index contributed by atoms with van der Waals surface area (Å²) in [5.74, 6) is 1.45. The zero-order valence-electron chi connectivity index (χ0n) is 28.8. The summed E-state index contributed by atoms with van der Waals surface area (Å²) in [5.41, 5.74) is 4.46. The lowest BCUT2D eigenvalue weighted by Gasteiger charge is -2.37. The number of aromatic nitrogens is 3. The maximum atomic E-state index is 13.6. The van der Waals surface area contributed by atoms with Crippen LogP contribution in [0.25, 0.3) is 21.9 Å². The van der Waals surface area contributed by atoms with Crippen molar-refractivity contribution in [2.24, 2.45) is 17.8 Å². The number of esters is 1. The summed E-state index contributed by atoms with van der Waals surface area (Å²) >= 11 is -1.94. The number of ether oxygens (including phenoxy) is 1. The van der Waals surface area contributed by atoms with Gasteiger partial charge in [-0.2, -0.15) is 4.21 Å². The molecule has 0 spiro atoms. The van der Waals surface area contributed by atoms with Gasteiger partial charge in [-0.05, 0) is 79.8 Å². The number of H-pyrrole nitrogens is 1. The lowest BCUT2D eigenvalue weighted by atomic mass is 9.75. The molecule has 1 aliphatic carbocycles. The molecule has 49 heavy (non-hydrogen) atoms. The first kappa shape index (κ1) is 34.0. The van der Waals surface area contributed by atoms with Gasteiger partial charge in [-0.3, -0.25) is 19.1 Å². The molecule has 0 bridgehead atoms. The number of aryl methyl sites for hydroxylation is 2. The van der Waals surface area contributed by atoms with E-state index in [9.17, 15) is 13.8 Å². The summed E-state index contributed by atoms with van der Waals surface area (Å²) in [6, 6.07) is 11.4. The number of fused-ring (bicyclic) bond motifs is 1. The third-order valence-corrected chi connectivity index (χ3v) is 10.4. The molecule has 2 aliphatic rings. The number of hydrogen-bond acceptors (Lipinski definition) is 7. The van der Waals surface area contributed by atoms with Crippen LogP contribution in [0.5, 0.6) is 5.75 Å². The van der Waals surface area contributed by atoms with E-state index in [0.29, 0.717) is 60.6 Å². The number of carbonyl (C=O) groups excluding carboxylic acids is 2. The molecule has 258 valence electrons. The number of aromatic amines is 1. The molecule has 1 saturated carbocycles. The summed E-state index contributed by atoms with van der Waals surface area (Å²) in [4.78, 5) is 37.9. The topological polar surface area (TPSA) is 126 Å². The fourth-order valence-electron chi connectivity index (χ4n) is 7.23. The van der Waals surface area contributed by atoms with Gasteiger partial charge < -0.3 is 18.7 Å². The lowest BCUT2D eigenvalue weighted by molar-refractivity contribution is -0.129. The van der Waals surface area contributed by atoms with Crippen molar-refractivity contribution >= 4 is 45.9 Å². The van der Waals surface area contributed by atoms with Crippen molar-refractivity contribution < 1.29 is 22.7 Å². The maximum Gasteiger partial charge on any atom is 0.331 e. The molecule has 12 nitrogen and oxygen atoms in total. The van der Waals surface area contributed by atoms with Crippen LogP contribution in [0.4, 0.5) is 17.1 Å². The second kappa shape index (κ2) is 14.0. The smallest absolute Gasteiger partial charge is 0.331 e. The highest BCUT2D eigenvalue weighted by Gasteiger charge is 2.36. The summed E-state index contributed by atoms with van der Waals surface area (Å²) in [6.45, 7) is 21.9. The molecule has 2 aromatic carbocycles. The molecule has 1 aliphatic heterocycles. The van der Waals surface area contributed by atoms with Crippen LogP contribution in [0.1, 0.15) is 62.0 Å². The van der Waals surface area contributed by atoms with Crippen LogP contribution in [0, 0.1) is 38.2 Å². The van der Waals surface area contributed by atoms with E-state index in [2.05, 4.69) is 40.3 Å². The summed E-state index contributed by atoms with van der Waals surface area (Å²) in [6.07, 6.45) is 3.28. The van der Waals surface area contributed by atoms with E-state index in [1.165, 1.54) is 0 Å². The number of nitrogens with one attached hydrogen (secondary N) is 2. The third kappa shape index (κ3) is 7.15. The molecular weight excluding hydrogens is 643 g/mol. The molecule has 3 atom stereocenters. The van der Waals surface area contributed by atoms with Crippen molar-refractivity contribution in [3.8, 4) is 17.1 Å². The number of benzene rings is 2. The molecule has 1 saturated heterocycles. The number of carbonyl (C=O) groups is 2.